The summed E-state index contributed by atoms with van der Waals surface area (Å²) in [4.78, 5) is 0. The maximum Gasteiger partial charge on any atom is 0.0815 e. The van der Waals surface area contributed by atoms with Gasteiger partial charge in [0.25, 0.3) is 0 Å². The van der Waals surface area contributed by atoms with Gasteiger partial charge in [-0.2, -0.15) is 0 Å². The number of hydrogen-bond donors (Lipinski definition) is 0. The molecule has 0 saturated heterocycles. The summed E-state index contributed by atoms with van der Waals surface area (Å²) in [5.74, 6) is 0.747. The van der Waals surface area contributed by atoms with Crippen LogP contribution >= 0.6 is 0 Å². The fourth-order valence-corrected chi connectivity index (χ4v) is 6.48. The Morgan fingerprint density at radius 2 is 1.79 bits per heavy atom. The van der Waals surface area contributed by atoms with Crippen LogP contribution in [-0.2, 0) is 0 Å². The second kappa shape index (κ2) is 5.13. The molecule has 0 spiro atoms. The molecule has 1 unspecified atom stereocenters. The normalized spacial score (nSPS) is 22.7. The fourth-order valence-electron chi connectivity index (χ4n) is 3.66. The summed E-state index contributed by atoms with van der Waals surface area (Å²) in [5.41, 5.74) is 3.46. The largest absolute Gasteiger partial charge is 0.0815 e. The molecule has 2 aliphatic carbocycles. The highest BCUT2D eigenvalue weighted by Gasteiger charge is 2.31. The van der Waals surface area contributed by atoms with Crippen LogP contribution in [0.15, 0.2) is 53.6 Å². The molecule has 0 saturated carbocycles. The third-order valence-corrected chi connectivity index (χ3v) is 8.17. The van der Waals surface area contributed by atoms with E-state index in [1.54, 1.807) is 16.3 Å². The average molecular weight is 268 g/mol. The Labute approximate surface area is 118 Å². The molecule has 0 N–H and O–H groups in total. The Bertz CT molecular complexity index is 508. The van der Waals surface area contributed by atoms with Crippen LogP contribution in [0, 0.1) is 5.92 Å². The molecule has 0 radical (unpaired) electrons. The molecular weight excluding hydrogens is 244 g/mol. The fraction of sp³-hybridized carbons (Fsp3) is 0.444. The molecule has 19 heavy (non-hydrogen) atoms. The monoisotopic (exact) mass is 268 g/mol. The van der Waals surface area contributed by atoms with E-state index in [1.165, 1.54) is 31.7 Å². The molecule has 100 valence electrons. The Hall–Kier alpha value is -1.08. The molecule has 3 rings (SSSR count). The van der Waals surface area contributed by atoms with Crippen molar-refractivity contribution in [1.29, 1.82) is 0 Å². The van der Waals surface area contributed by atoms with Gasteiger partial charge in [-0.15, -0.1) is 0 Å². The maximum atomic E-state index is 2.53. The van der Waals surface area contributed by atoms with Gasteiger partial charge in [0.2, 0.25) is 0 Å². The zero-order chi connectivity index (χ0) is 13.3. The Kier molecular flexibility index (Phi) is 3.49. The predicted molar refractivity (Wildman–Crippen MR) is 86.5 cm³/mol. The van der Waals surface area contributed by atoms with E-state index in [9.17, 15) is 0 Å². The molecule has 1 aromatic carbocycles. The minimum atomic E-state index is -1.31. The molecule has 0 aliphatic heterocycles. The van der Waals surface area contributed by atoms with E-state index in [4.69, 9.17) is 0 Å². The molecule has 0 nitrogen and oxygen atoms in total. The highest BCUT2D eigenvalue weighted by Crippen LogP contribution is 2.39. The molecule has 0 fully saturated rings. The highest BCUT2D eigenvalue weighted by atomic mass is 28.3. The summed E-state index contributed by atoms with van der Waals surface area (Å²) in [6.45, 7) is 5.05. The van der Waals surface area contributed by atoms with Crippen LogP contribution < -0.4 is 5.19 Å². The van der Waals surface area contributed by atoms with E-state index in [0.29, 0.717) is 0 Å². The predicted octanol–water partition coefficient (Wildman–Crippen LogP) is 4.66. The lowest BCUT2D eigenvalue weighted by molar-refractivity contribution is 0.642. The van der Waals surface area contributed by atoms with Gasteiger partial charge in [0.15, 0.2) is 0 Å². The van der Waals surface area contributed by atoms with E-state index in [0.717, 1.165) is 5.92 Å². The zero-order valence-corrected chi connectivity index (χ0v) is 13.2. The summed E-state index contributed by atoms with van der Waals surface area (Å²) >= 11 is 0. The first-order chi connectivity index (χ1) is 9.17. The van der Waals surface area contributed by atoms with Gasteiger partial charge in [-0.3, -0.25) is 0 Å². The summed E-state index contributed by atoms with van der Waals surface area (Å²) in [6, 6.07) is 12.6. The van der Waals surface area contributed by atoms with Crippen LogP contribution in [0.2, 0.25) is 19.1 Å². The van der Waals surface area contributed by atoms with Crippen LogP contribution in [0.1, 0.15) is 25.7 Å². The average Bonchev–Trinajstić information content (AvgIpc) is 2.83. The molecule has 2 aliphatic rings. The summed E-state index contributed by atoms with van der Waals surface area (Å²) in [6.07, 6.45) is 10.4. The van der Waals surface area contributed by atoms with E-state index >= 15 is 0 Å². The quantitative estimate of drug-likeness (QED) is 0.700. The molecule has 1 atom stereocenters. The number of allylic oxidation sites excluding steroid dienone is 4. The van der Waals surface area contributed by atoms with Gasteiger partial charge < -0.3 is 0 Å². The van der Waals surface area contributed by atoms with Gasteiger partial charge in [0, 0.05) is 0 Å². The molecule has 1 aromatic rings. The number of hydrogen-bond acceptors (Lipinski definition) is 0. The van der Waals surface area contributed by atoms with Crippen LogP contribution in [-0.4, -0.2) is 8.07 Å². The second-order valence-electron chi connectivity index (χ2n) is 6.68. The van der Waals surface area contributed by atoms with Gasteiger partial charge in [-0.05, 0) is 43.2 Å². The lowest BCUT2D eigenvalue weighted by Gasteiger charge is -2.28. The lowest BCUT2D eigenvalue weighted by Crippen LogP contribution is -2.42. The Morgan fingerprint density at radius 3 is 2.58 bits per heavy atom. The van der Waals surface area contributed by atoms with Gasteiger partial charge in [0.1, 0.15) is 0 Å². The van der Waals surface area contributed by atoms with Gasteiger partial charge in [-0.25, -0.2) is 0 Å². The third kappa shape index (κ3) is 2.62. The molecule has 0 heterocycles. The molecule has 0 aromatic heterocycles. The van der Waals surface area contributed by atoms with Gasteiger partial charge >= 0.3 is 0 Å². The standard InChI is InChI=1S/C18H24Si/c1-19(2,17-9-4-3-5-10-17)14-16-13-12-15-8-6-7-11-18(15)16/h3-5,9-10,12-13,16H,6-8,11,14H2,1-2H3. The van der Waals surface area contributed by atoms with Crippen LogP contribution in [0.5, 0.6) is 0 Å². The van der Waals surface area contributed by atoms with Gasteiger partial charge in [-0.1, -0.05) is 66.3 Å². The van der Waals surface area contributed by atoms with Crippen molar-refractivity contribution in [1.82, 2.24) is 0 Å². The van der Waals surface area contributed by atoms with E-state index in [-0.39, 0.29) is 0 Å². The smallest absolute Gasteiger partial charge is 0.0773 e. The van der Waals surface area contributed by atoms with Crippen molar-refractivity contribution in [3.63, 3.8) is 0 Å². The first-order valence-electron chi connectivity index (χ1n) is 7.62. The number of benzene rings is 1. The van der Waals surface area contributed by atoms with Crippen LogP contribution in [0.4, 0.5) is 0 Å². The minimum Gasteiger partial charge on any atom is -0.0773 e. The van der Waals surface area contributed by atoms with Crippen molar-refractivity contribution in [3.05, 3.63) is 53.6 Å². The van der Waals surface area contributed by atoms with E-state index in [1.807, 2.05) is 0 Å². The van der Waals surface area contributed by atoms with E-state index in [2.05, 4.69) is 55.6 Å². The summed E-state index contributed by atoms with van der Waals surface area (Å²) < 4.78 is 0. The Morgan fingerprint density at radius 1 is 1.05 bits per heavy atom. The van der Waals surface area contributed by atoms with Gasteiger partial charge in [0.05, 0.1) is 8.07 Å². The van der Waals surface area contributed by atoms with Crippen molar-refractivity contribution in [2.75, 3.05) is 0 Å². The lowest BCUT2D eigenvalue weighted by atomic mass is 9.89. The van der Waals surface area contributed by atoms with Crippen molar-refractivity contribution in [3.8, 4) is 0 Å². The minimum absolute atomic E-state index is 0.747. The van der Waals surface area contributed by atoms with Crippen molar-refractivity contribution >= 4 is 13.3 Å². The Balaban J connectivity index is 1.79. The zero-order valence-electron chi connectivity index (χ0n) is 12.2. The topological polar surface area (TPSA) is 0 Å². The highest BCUT2D eigenvalue weighted by molar-refractivity contribution is 6.89. The van der Waals surface area contributed by atoms with Crippen molar-refractivity contribution in [2.45, 2.75) is 44.8 Å². The van der Waals surface area contributed by atoms with Crippen LogP contribution in [0.3, 0.4) is 0 Å². The summed E-state index contributed by atoms with van der Waals surface area (Å²) in [7, 11) is -1.31. The van der Waals surface area contributed by atoms with E-state index < -0.39 is 8.07 Å². The molecule has 1 heteroatoms. The first kappa shape index (κ1) is 12.9. The SMILES string of the molecule is C[Si](C)(CC1C=CC2=C1CCCC2)c1ccccc1. The van der Waals surface area contributed by atoms with Crippen LogP contribution in [0.25, 0.3) is 0 Å². The first-order valence-corrected chi connectivity index (χ1v) is 10.8. The van der Waals surface area contributed by atoms with Crippen molar-refractivity contribution < 1.29 is 0 Å². The molecular formula is C18H24Si. The third-order valence-electron chi connectivity index (χ3n) is 4.82. The molecule has 0 bridgehead atoms. The molecule has 0 amide bonds. The maximum absolute atomic E-state index is 2.53. The summed E-state index contributed by atoms with van der Waals surface area (Å²) in [5, 5.41) is 1.60. The second-order valence-corrected chi connectivity index (χ2v) is 11.4. The van der Waals surface area contributed by atoms with Crippen molar-refractivity contribution in [2.24, 2.45) is 5.92 Å². The number of rotatable bonds is 3.